The SMILES string of the molecule is Cc1ccc(F)c(NC(=O)C2=NNC(=O)CC2)c1. The normalized spacial score (nSPS) is 14.8. The largest absolute Gasteiger partial charge is 0.318 e. The maximum atomic E-state index is 13.4. The van der Waals surface area contributed by atoms with Crippen LogP contribution in [0.15, 0.2) is 23.3 Å². The Morgan fingerprint density at radius 3 is 2.89 bits per heavy atom. The predicted molar refractivity (Wildman–Crippen MR) is 64.6 cm³/mol. The fourth-order valence-corrected chi connectivity index (χ4v) is 1.57. The zero-order valence-corrected chi connectivity index (χ0v) is 9.79. The summed E-state index contributed by atoms with van der Waals surface area (Å²) in [5.74, 6) is -1.23. The van der Waals surface area contributed by atoms with E-state index in [1.54, 1.807) is 13.0 Å². The van der Waals surface area contributed by atoms with E-state index in [0.717, 1.165) is 5.56 Å². The number of nitrogens with one attached hydrogen (secondary N) is 2. The van der Waals surface area contributed by atoms with Gasteiger partial charge in [0, 0.05) is 12.8 Å². The average molecular weight is 249 g/mol. The Labute approximate surface area is 103 Å². The number of anilines is 1. The van der Waals surface area contributed by atoms with Crippen LogP contribution in [0, 0.1) is 12.7 Å². The van der Waals surface area contributed by atoms with E-state index in [4.69, 9.17) is 0 Å². The van der Waals surface area contributed by atoms with Crippen LogP contribution in [0.3, 0.4) is 0 Å². The highest BCUT2D eigenvalue weighted by atomic mass is 19.1. The second-order valence-corrected chi connectivity index (χ2v) is 4.03. The molecule has 94 valence electrons. The number of nitrogens with zero attached hydrogens (tertiary/aromatic N) is 1. The van der Waals surface area contributed by atoms with Gasteiger partial charge in [0.05, 0.1) is 5.69 Å². The summed E-state index contributed by atoms with van der Waals surface area (Å²) in [5.41, 5.74) is 3.36. The van der Waals surface area contributed by atoms with Gasteiger partial charge in [0.2, 0.25) is 5.91 Å². The van der Waals surface area contributed by atoms with Crippen molar-refractivity contribution in [3.63, 3.8) is 0 Å². The molecule has 1 aliphatic heterocycles. The highest BCUT2D eigenvalue weighted by Crippen LogP contribution is 2.16. The minimum absolute atomic E-state index is 0.111. The Balaban J connectivity index is 2.12. The van der Waals surface area contributed by atoms with Gasteiger partial charge in [-0.1, -0.05) is 6.07 Å². The Morgan fingerprint density at radius 1 is 1.44 bits per heavy atom. The first kappa shape index (κ1) is 12.2. The van der Waals surface area contributed by atoms with Crippen molar-refractivity contribution in [3.05, 3.63) is 29.6 Å². The van der Waals surface area contributed by atoms with Gasteiger partial charge in [-0.05, 0) is 24.6 Å². The molecule has 1 aromatic rings. The number of carbonyl (C=O) groups excluding carboxylic acids is 2. The highest BCUT2D eigenvalue weighted by Gasteiger charge is 2.19. The summed E-state index contributed by atoms with van der Waals surface area (Å²) in [6, 6.07) is 4.44. The molecule has 18 heavy (non-hydrogen) atoms. The van der Waals surface area contributed by atoms with Crippen LogP contribution in [-0.4, -0.2) is 17.5 Å². The third-order valence-corrected chi connectivity index (χ3v) is 2.54. The molecule has 2 N–H and O–H groups in total. The number of hydrogen-bond donors (Lipinski definition) is 2. The number of amides is 2. The molecular weight excluding hydrogens is 237 g/mol. The maximum Gasteiger partial charge on any atom is 0.271 e. The van der Waals surface area contributed by atoms with E-state index in [9.17, 15) is 14.0 Å². The van der Waals surface area contributed by atoms with Crippen LogP contribution in [0.2, 0.25) is 0 Å². The molecule has 0 saturated heterocycles. The lowest BCUT2D eigenvalue weighted by Gasteiger charge is -2.12. The number of hydrogen-bond acceptors (Lipinski definition) is 3. The third-order valence-electron chi connectivity index (χ3n) is 2.54. The van der Waals surface area contributed by atoms with Crippen molar-refractivity contribution in [1.29, 1.82) is 0 Å². The monoisotopic (exact) mass is 249 g/mol. The minimum atomic E-state index is -0.505. The average Bonchev–Trinajstić information content (AvgIpc) is 2.34. The molecule has 0 aromatic heterocycles. The second kappa shape index (κ2) is 4.95. The molecule has 0 saturated carbocycles. The summed E-state index contributed by atoms with van der Waals surface area (Å²) in [5, 5.41) is 6.08. The van der Waals surface area contributed by atoms with Crippen LogP contribution in [0.5, 0.6) is 0 Å². The van der Waals surface area contributed by atoms with Gasteiger partial charge in [0.25, 0.3) is 5.91 Å². The van der Waals surface area contributed by atoms with E-state index in [1.165, 1.54) is 12.1 Å². The van der Waals surface area contributed by atoms with E-state index in [-0.39, 0.29) is 30.1 Å². The smallest absolute Gasteiger partial charge is 0.271 e. The van der Waals surface area contributed by atoms with Crippen molar-refractivity contribution in [2.75, 3.05) is 5.32 Å². The van der Waals surface area contributed by atoms with Gasteiger partial charge in [0.15, 0.2) is 0 Å². The molecule has 0 unspecified atom stereocenters. The van der Waals surface area contributed by atoms with Crippen LogP contribution in [0.4, 0.5) is 10.1 Å². The first-order chi connectivity index (χ1) is 8.56. The number of benzene rings is 1. The van der Waals surface area contributed by atoms with E-state index in [0.29, 0.717) is 0 Å². The molecule has 2 rings (SSSR count). The van der Waals surface area contributed by atoms with Gasteiger partial charge in [-0.25, -0.2) is 9.82 Å². The lowest BCUT2D eigenvalue weighted by atomic mass is 10.1. The van der Waals surface area contributed by atoms with Gasteiger partial charge in [-0.2, -0.15) is 5.10 Å². The lowest BCUT2D eigenvalue weighted by Crippen LogP contribution is -2.32. The van der Waals surface area contributed by atoms with Gasteiger partial charge in [-0.3, -0.25) is 9.59 Å². The topological polar surface area (TPSA) is 70.6 Å². The quantitative estimate of drug-likeness (QED) is 0.830. The number of rotatable bonds is 2. The van der Waals surface area contributed by atoms with Crippen molar-refractivity contribution in [2.24, 2.45) is 5.10 Å². The summed E-state index contributed by atoms with van der Waals surface area (Å²) in [4.78, 5) is 22.7. The Bertz CT molecular complexity index is 540. The zero-order chi connectivity index (χ0) is 13.1. The molecule has 0 atom stereocenters. The van der Waals surface area contributed by atoms with Crippen molar-refractivity contribution >= 4 is 23.2 Å². The summed E-state index contributed by atoms with van der Waals surface area (Å²) in [6.07, 6.45) is 0.466. The molecular formula is C12H12FN3O2. The molecule has 1 heterocycles. The van der Waals surface area contributed by atoms with Crippen LogP contribution in [0.25, 0.3) is 0 Å². The van der Waals surface area contributed by atoms with Gasteiger partial charge in [0.1, 0.15) is 11.5 Å². The van der Waals surface area contributed by atoms with Gasteiger partial charge < -0.3 is 5.32 Å². The van der Waals surface area contributed by atoms with Crippen LogP contribution in [0.1, 0.15) is 18.4 Å². The molecule has 0 aliphatic carbocycles. The fourth-order valence-electron chi connectivity index (χ4n) is 1.57. The first-order valence-electron chi connectivity index (χ1n) is 5.49. The second-order valence-electron chi connectivity index (χ2n) is 4.03. The Hall–Kier alpha value is -2.24. The van der Waals surface area contributed by atoms with E-state index in [1.807, 2.05) is 0 Å². The third kappa shape index (κ3) is 2.71. The molecule has 5 nitrogen and oxygen atoms in total. The summed E-state index contributed by atoms with van der Waals surface area (Å²) in [7, 11) is 0. The number of aryl methyl sites for hydroxylation is 1. The lowest BCUT2D eigenvalue weighted by molar-refractivity contribution is -0.121. The molecule has 2 amide bonds. The van der Waals surface area contributed by atoms with E-state index < -0.39 is 11.7 Å². The van der Waals surface area contributed by atoms with E-state index in [2.05, 4.69) is 15.8 Å². The maximum absolute atomic E-state index is 13.4. The summed E-state index contributed by atoms with van der Waals surface area (Å²) >= 11 is 0. The first-order valence-corrected chi connectivity index (χ1v) is 5.49. The van der Waals surface area contributed by atoms with Crippen molar-refractivity contribution in [2.45, 2.75) is 19.8 Å². The molecule has 0 radical (unpaired) electrons. The van der Waals surface area contributed by atoms with Crippen molar-refractivity contribution < 1.29 is 14.0 Å². The van der Waals surface area contributed by atoms with Crippen LogP contribution in [-0.2, 0) is 9.59 Å². The Kier molecular flexibility index (Phi) is 3.36. The van der Waals surface area contributed by atoms with Gasteiger partial charge >= 0.3 is 0 Å². The van der Waals surface area contributed by atoms with E-state index >= 15 is 0 Å². The Morgan fingerprint density at radius 2 is 2.22 bits per heavy atom. The number of hydrazone groups is 1. The molecule has 1 aliphatic rings. The molecule has 0 spiro atoms. The molecule has 0 bridgehead atoms. The van der Waals surface area contributed by atoms with Crippen LogP contribution >= 0.6 is 0 Å². The molecule has 0 fully saturated rings. The zero-order valence-electron chi connectivity index (χ0n) is 9.79. The highest BCUT2D eigenvalue weighted by molar-refractivity contribution is 6.43. The number of halogens is 1. The molecule has 1 aromatic carbocycles. The number of carbonyl (C=O) groups is 2. The van der Waals surface area contributed by atoms with Gasteiger partial charge in [-0.15, -0.1) is 0 Å². The van der Waals surface area contributed by atoms with Crippen molar-refractivity contribution in [1.82, 2.24) is 5.43 Å². The predicted octanol–water partition coefficient (Wildman–Crippen LogP) is 1.34. The summed E-state index contributed by atoms with van der Waals surface area (Å²) in [6.45, 7) is 1.80. The van der Waals surface area contributed by atoms with Crippen LogP contribution < -0.4 is 10.7 Å². The van der Waals surface area contributed by atoms with Crippen molar-refractivity contribution in [3.8, 4) is 0 Å². The minimum Gasteiger partial charge on any atom is -0.318 e. The summed E-state index contributed by atoms with van der Waals surface area (Å²) < 4.78 is 13.4. The standard InChI is InChI=1S/C12H12FN3O2/c1-7-2-3-8(13)10(6-7)14-12(18)9-4-5-11(17)16-15-9/h2-3,6H,4-5H2,1H3,(H,14,18)(H,16,17). The fraction of sp³-hybridized carbons (Fsp3) is 0.250. The molecule has 6 heteroatoms.